The van der Waals surface area contributed by atoms with Crippen molar-refractivity contribution in [1.82, 2.24) is 0 Å². The quantitative estimate of drug-likeness (QED) is 0.160. The second-order valence-corrected chi connectivity index (χ2v) is 31.1. The molecule has 0 spiro atoms. The van der Waals surface area contributed by atoms with E-state index in [1.807, 2.05) is 22.7 Å². The van der Waals surface area contributed by atoms with Crippen LogP contribution >= 0.6 is 22.7 Å². The van der Waals surface area contributed by atoms with Gasteiger partial charge in [0.2, 0.25) is 0 Å². The standard InChI is InChI=1S/C76H67B2N3S2/c1-72(2,3)42-26-31-45(32-27-42)79-59-25-19-18-24-57(59)77-65-61(79)41-62-66-69(65)81(68-52-38-50-48-21-15-17-23-54(48)76(12,13)56(50)40-64(52)83-71(68)77)60-35-30-44(74(7,8)9)36-58(60)78(66)70-67(80(62)46-33-28-43(29-34-46)73(4,5)6)51-37-49-47-20-14-16-22-53(47)75(10,11)55(49)39-63(51)82-70/h14-41H,1-13H3. The average molecular weight is 1110 g/mol. The van der Waals surface area contributed by atoms with Crippen molar-refractivity contribution in [3.63, 3.8) is 0 Å². The summed E-state index contributed by atoms with van der Waals surface area (Å²) < 4.78 is 5.55. The molecule has 0 saturated heterocycles. The fourth-order valence-electron chi connectivity index (χ4n) is 15.9. The highest BCUT2D eigenvalue weighted by molar-refractivity contribution is 7.35. The van der Waals surface area contributed by atoms with Crippen molar-refractivity contribution in [3.8, 4) is 22.3 Å². The molecule has 0 amide bonds. The Kier molecular flexibility index (Phi) is 9.75. The van der Waals surface area contributed by atoms with Gasteiger partial charge in [0.15, 0.2) is 0 Å². The Morgan fingerprint density at radius 3 is 1.31 bits per heavy atom. The molecule has 17 rings (SSSR count). The largest absolute Gasteiger partial charge is 0.311 e. The Labute approximate surface area is 498 Å². The Bertz CT molecular complexity index is 4710. The fourth-order valence-corrected chi connectivity index (χ4v) is 18.6. The highest BCUT2D eigenvalue weighted by Crippen LogP contribution is 2.58. The molecule has 0 fully saturated rings. The van der Waals surface area contributed by atoms with E-state index in [1.165, 1.54) is 164 Å². The molecule has 0 atom stereocenters. The molecule has 2 aromatic heterocycles. The van der Waals surface area contributed by atoms with Gasteiger partial charge in [0.1, 0.15) is 0 Å². The first-order valence-electron chi connectivity index (χ1n) is 30.1. The second-order valence-electron chi connectivity index (χ2n) is 28.9. The van der Waals surface area contributed by atoms with Gasteiger partial charge in [0.25, 0.3) is 13.4 Å². The van der Waals surface area contributed by atoms with Gasteiger partial charge in [-0.25, -0.2) is 0 Å². The van der Waals surface area contributed by atoms with E-state index in [2.05, 4.69) is 275 Å². The molecule has 0 unspecified atom stereocenters. The van der Waals surface area contributed by atoms with Gasteiger partial charge < -0.3 is 14.7 Å². The molecule has 83 heavy (non-hydrogen) atoms. The zero-order chi connectivity index (χ0) is 56.9. The lowest BCUT2D eigenvalue weighted by molar-refractivity contribution is 0.590. The molecule has 9 aromatic carbocycles. The van der Waals surface area contributed by atoms with Crippen LogP contribution in [0.5, 0.6) is 0 Å². The number of thiophene rings is 2. The number of hydrogen-bond donors (Lipinski definition) is 0. The van der Waals surface area contributed by atoms with Crippen LogP contribution in [0.15, 0.2) is 170 Å². The maximum Gasteiger partial charge on any atom is 0.264 e. The molecule has 7 heteroatoms. The maximum absolute atomic E-state index is 2.81. The van der Waals surface area contributed by atoms with Crippen LogP contribution in [0, 0.1) is 0 Å². The van der Waals surface area contributed by atoms with Crippen LogP contribution in [0.3, 0.4) is 0 Å². The Balaban J connectivity index is 1.04. The van der Waals surface area contributed by atoms with Crippen molar-refractivity contribution in [2.75, 3.05) is 14.7 Å². The summed E-state index contributed by atoms with van der Waals surface area (Å²) in [5.74, 6) is 0. The summed E-state index contributed by atoms with van der Waals surface area (Å²) in [5, 5.41) is 2.67. The first kappa shape index (κ1) is 50.0. The van der Waals surface area contributed by atoms with Gasteiger partial charge >= 0.3 is 0 Å². The van der Waals surface area contributed by atoms with E-state index in [0.717, 1.165) is 0 Å². The molecule has 11 aromatic rings. The first-order valence-corrected chi connectivity index (χ1v) is 31.7. The molecule has 6 aliphatic rings. The van der Waals surface area contributed by atoms with Gasteiger partial charge in [-0.1, -0.05) is 193 Å². The molecule has 4 aliphatic heterocycles. The van der Waals surface area contributed by atoms with E-state index >= 15 is 0 Å². The number of fused-ring (bicyclic) bond motifs is 20. The lowest BCUT2D eigenvalue weighted by atomic mass is 9.31. The maximum atomic E-state index is 2.81. The van der Waals surface area contributed by atoms with E-state index in [9.17, 15) is 0 Å². The van der Waals surface area contributed by atoms with Crippen LogP contribution < -0.4 is 46.1 Å². The van der Waals surface area contributed by atoms with Gasteiger partial charge in [0, 0.05) is 80.4 Å². The first-order chi connectivity index (χ1) is 39.6. The van der Waals surface area contributed by atoms with Gasteiger partial charge in [-0.3, -0.25) is 0 Å². The van der Waals surface area contributed by atoms with E-state index < -0.39 is 0 Å². The molecular formula is C76H67B2N3S2. The molecule has 6 heterocycles. The summed E-state index contributed by atoms with van der Waals surface area (Å²) >= 11 is 4.08. The number of nitrogens with zero attached hydrogens (tertiary/aromatic N) is 3. The van der Waals surface area contributed by atoms with Crippen molar-refractivity contribution in [1.29, 1.82) is 0 Å². The number of anilines is 9. The van der Waals surface area contributed by atoms with Gasteiger partial charge in [-0.15, -0.1) is 22.7 Å². The lowest BCUT2D eigenvalue weighted by Gasteiger charge is -2.50. The molecule has 3 nitrogen and oxygen atoms in total. The minimum Gasteiger partial charge on any atom is -0.311 e. The highest BCUT2D eigenvalue weighted by Gasteiger charge is 2.54. The fraction of sp³-hybridized carbons (Fsp3) is 0.237. The number of benzene rings is 9. The predicted octanol–water partition coefficient (Wildman–Crippen LogP) is 17.3. The van der Waals surface area contributed by atoms with Gasteiger partial charge in [-0.05, 0) is 166 Å². The molecule has 0 saturated carbocycles. The highest BCUT2D eigenvalue weighted by atomic mass is 32.1. The third kappa shape index (κ3) is 6.54. The van der Waals surface area contributed by atoms with Crippen molar-refractivity contribution in [2.45, 2.75) is 117 Å². The minimum absolute atomic E-state index is 0.00460. The summed E-state index contributed by atoms with van der Waals surface area (Å²) in [7, 11) is 0. The summed E-state index contributed by atoms with van der Waals surface area (Å²) in [6.45, 7) is 30.8. The SMILES string of the molecule is CC(C)(C)c1ccc(N2c3ccccc3B3c4sc5cc6c(cc5c4N4c5ccc(C(C)(C)C)cc5B5c7sc8cc9c(cc8c7N(c7ccc(C(C)(C)C)cc7)c7cc2c3c4c75)-c2ccccc2C9(C)C)-c2ccccc2C6(C)C)cc1. The Morgan fingerprint density at radius 2 is 0.783 bits per heavy atom. The van der Waals surface area contributed by atoms with Crippen molar-refractivity contribution < 1.29 is 0 Å². The monoisotopic (exact) mass is 1110 g/mol. The molecular weight excluding hydrogens is 1040 g/mol. The zero-order valence-electron chi connectivity index (χ0n) is 50.0. The summed E-state index contributed by atoms with van der Waals surface area (Å²) in [6.07, 6.45) is 0. The Hall–Kier alpha value is -7.57. The van der Waals surface area contributed by atoms with Crippen LogP contribution in [0.2, 0.25) is 0 Å². The van der Waals surface area contributed by atoms with E-state index in [-0.39, 0.29) is 40.5 Å². The smallest absolute Gasteiger partial charge is 0.264 e. The van der Waals surface area contributed by atoms with Crippen molar-refractivity contribution in [3.05, 3.63) is 209 Å². The normalized spacial score (nSPS) is 16.1. The van der Waals surface area contributed by atoms with Crippen LogP contribution in [0.4, 0.5) is 51.2 Å². The lowest BCUT2D eigenvalue weighted by Crippen LogP contribution is -2.68. The minimum atomic E-state index is -0.129. The zero-order valence-corrected chi connectivity index (χ0v) is 51.6. The van der Waals surface area contributed by atoms with E-state index in [0.29, 0.717) is 0 Å². The number of para-hydroxylation sites is 1. The molecule has 0 bridgehead atoms. The topological polar surface area (TPSA) is 9.72 Å². The molecule has 404 valence electrons. The molecule has 0 radical (unpaired) electrons. The summed E-state index contributed by atoms with van der Waals surface area (Å²) in [4.78, 5) is 8.17. The second kappa shape index (κ2) is 16.2. The van der Waals surface area contributed by atoms with Crippen LogP contribution in [-0.4, -0.2) is 13.4 Å². The third-order valence-corrected chi connectivity index (χ3v) is 22.7. The van der Waals surface area contributed by atoms with E-state index in [4.69, 9.17) is 0 Å². The van der Waals surface area contributed by atoms with Gasteiger partial charge in [0.05, 0.1) is 11.4 Å². The molecule has 2 aliphatic carbocycles. The summed E-state index contributed by atoms with van der Waals surface area (Å²) in [6, 6.07) is 67.5. The van der Waals surface area contributed by atoms with Gasteiger partial charge in [-0.2, -0.15) is 0 Å². The number of rotatable bonds is 2. The molecule has 0 N–H and O–H groups in total. The predicted molar refractivity (Wildman–Crippen MR) is 362 cm³/mol. The summed E-state index contributed by atoms with van der Waals surface area (Å²) in [5.41, 5.74) is 31.8. The van der Waals surface area contributed by atoms with Crippen LogP contribution in [-0.2, 0) is 27.1 Å². The van der Waals surface area contributed by atoms with Crippen molar-refractivity contribution >= 4 is 139 Å². The number of hydrogen-bond acceptors (Lipinski definition) is 5. The van der Waals surface area contributed by atoms with Crippen molar-refractivity contribution in [2.24, 2.45) is 0 Å². The van der Waals surface area contributed by atoms with Crippen LogP contribution in [0.1, 0.15) is 129 Å². The Morgan fingerprint density at radius 1 is 0.349 bits per heavy atom. The third-order valence-electron chi connectivity index (χ3n) is 20.3. The average Bonchev–Trinajstić information content (AvgIpc) is 1.83. The van der Waals surface area contributed by atoms with E-state index in [1.54, 1.807) is 0 Å². The van der Waals surface area contributed by atoms with Crippen LogP contribution in [0.25, 0.3) is 42.4 Å².